The number of rotatable bonds is 7. The largest absolute Gasteiger partial charge is 0.573 e. The van der Waals surface area contributed by atoms with Crippen LogP contribution < -0.4 is 19.5 Å². The predicted octanol–water partition coefficient (Wildman–Crippen LogP) is 4.65. The lowest BCUT2D eigenvalue weighted by Crippen LogP contribution is -2.17. The lowest BCUT2D eigenvalue weighted by molar-refractivity contribution is -0.274. The summed E-state index contributed by atoms with van der Waals surface area (Å²) in [6.07, 6.45) is -4.84. The molecular weight excluding hydrogens is 449 g/mol. The highest BCUT2D eigenvalue weighted by molar-refractivity contribution is 7.92. The molecule has 0 aromatic heterocycles. The van der Waals surface area contributed by atoms with Gasteiger partial charge in [0.25, 0.3) is 15.9 Å². The summed E-state index contributed by atoms with van der Waals surface area (Å²) in [5.74, 6) is -0.538. The monoisotopic (exact) mass is 466 g/mol. The van der Waals surface area contributed by atoms with Gasteiger partial charge in [-0.05, 0) is 66.7 Å². The van der Waals surface area contributed by atoms with E-state index in [4.69, 9.17) is 4.74 Å². The number of carbonyl (C=O) groups excluding carboxylic acids is 1. The first-order valence-corrected chi connectivity index (χ1v) is 10.5. The summed E-state index contributed by atoms with van der Waals surface area (Å²) in [4.78, 5) is 12.3. The molecule has 0 saturated carbocycles. The van der Waals surface area contributed by atoms with Crippen LogP contribution in [0, 0.1) is 0 Å². The van der Waals surface area contributed by atoms with Crippen LogP contribution in [0.25, 0.3) is 0 Å². The van der Waals surface area contributed by atoms with Gasteiger partial charge in [0.15, 0.2) is 0 Å². The van der Waals surface area contributed by atoms with Crippen LogP contribution in [0.15, 0.2) is 77.7 Å². The maximum Gasteiger partial charge on any atom is 0.573 e. The third kappa shape index (κ3) is 6.14. The molecule has 168 valence electrons. The highest BCUT2D eigenvalue weighted by Crippen LogP contribution is 2.24. The molecule has 0 spiro atoms. The van der Waals surface area contributed by atoms with Crippen LogP contribution in [0.5, 0.6) is 11.5 Å². The molecule has 0 bridgehead atoms. The van der Waals surface area contributed by atoms with Crippen molar-refractivity contribution in [1.82, 2.24) is 0 Å². The van der Waals surface area contributed by atoms with Crippen LogP contribution >= 0.6 is 0 Å². The molecule has 1 amide bonds. The van der Waals surface area contributed by atoms with Gasteiger partial charge in [-0.15, -0.1) is 13.2 Å². The topological polar surface area (TPSA) is 93.7 Å². The fraction of sp³-hybridized carbons (Fsp3) is 0.0952. The van der Waals surface area contributed by atoms with Crippen molar-refractivity contribution in [1.29, 1.82) is 0 Å². The van der Waals surface area contributed by atoms with Crippen molar-refractivity contribution in [3.8, 4) is 11.5 Å². The minimum Gasteiger partial charge on any atom is -0.497 e. The van der Waals surface area contributed by atoms with E-state index in [1.165, 1.54) is 43.5 Å². The molecule has 0 fully saturated rings. The Hall–Kier alpha value is -3.73. The summed E-state index contributed by atoms with van der Waals surface area (Å²) >= 11 is 0. The number of carbonyl (C=O) groups is 1. The first kappa shape index (κ1) is 22.9. The molecule has 32 heavy (non-hydrogen) atoms. The van der Waals surface area contributed by atoms with Crippen LogP contribution in [0.3, 0.4) is 0 Å². The SMILES string of the molecule is COc1ccc(NS(=O)(=O)c2cccc(NC(=O)c3ccc(OC(F)(F)F)cc3)c2)cc1. The van der Waals surface area contributed by atoms with E-state index < -0.39 is 28.0 Å². The van der Waals surface area contributed by atoms with Crippen LogP contribution in [-0.4, -0.2) is 27.8 Å². The Morgan fingerprint density at radius 1 is 0.875 bits per heavy atom. The van der Waals surface area contributed by atoms with Gasteiger partial charge in [-0.25, -0.2) is 8.42 Å². The van der Waals surface area contributed by atoms with Gasteiger partial charge in [0.1, 0.15) is 11.5 Å². The quantitative estimate of drug-likeness (QED) is 0.529. The van der Waals surface area contributed by atoms with Gasteiger partial charge >= 0.3 is 6.36 Å². The maximum absolute atomic E-state index is 12.7. The Balaban J connectivity index is 1.71. The molecule has 2 N–H and O–H groups in total. The molecule has 0 aliphatic heterocycles. The fourth-order valence-electron chi connectivity index (χ4n) is 2.63. The van der Waals surface area contributed by atoms with Gasteiger partial charge < -0.3 is 14.8 Å². The van der Waals surface area contributed by atoms with E-state index in [0.29, 0.717) is 11.4 Å². The number of anilines is 2. The molecule has 11 heteroatoms. The van der Waals surface area contributed by atoms with Crippen LogP contribution in [0.2, 0.25) is 0 Å². The van der Waals surface area contributed by atoms with Gasteiger partial charge in [-0.2, -0.15) is 0 Å². The third-order valence-corrected chi connectivity index (χ3v) is 5.47. The van der Waals surface area contributed by atoms with Crippen molar-refractivity contribution in [3.63, 3.8) is 0 Å². The number of ether oxygens (including phenoxy) is 2. The highest BCUT2D eigenvalue weighted by Gasteiger charge is 2.31. The molecule has 0 unspecified atom stereocenters. The Morgan fingerprint density at radius 2 is 1.50 bits per heavy atom. The molecule has 0 atom stereocenters. The summed E-state index contributed by atoms with van der Waals surface area (Å²) in [6.45, 7) is 0. The number of halogens is 3. The van der Waals surface area contributed by atoms with Crippen molar-refractivity contribution < 1.29 is 35.9 Å². The van der Waals surface area contributed by atoms with Crippen LogP contribution in [0.1, 0.15) is 10.4 Å². The molecule has 0 aliphatic carbocycles. The van der Waals surface area contributed by atoms with Gasteiger partial charge in [0, 0.05) is 16.9 Å². The first-order chi connectivity index (χ1) is 15.1. The number of hydrogen-bond donors (Lipinski definition) is 2. The van der Waals surface area contributed by atoms with Gasteiger partial charge in [0.05, 0.1) is 12.0 Å². The molecule has 0 aliphatic rings. The smallest absolute Gasteiger partial charge is 0.497 e. The normalized spacial score (nSPS) is 11.5. The predicted molar refractivity (Wildman–Crippen MR) is 111 cm³/mol. The van der Waals surface area contributed by atoms with Gasteiger partial charge in [-0.3, -0.25) is 9.52 Å². The van der Waals surface area contributed by atoms with Gasteiger partial charge in [-0.1, -0.05) is 6.07 Å². The van der Waals surface area contributed by atoms with Crippen LogP contribution in [0.4, 0.5) is 24.5 Å². The lowest BCUT2D eigenvalue weighted by atomic mass is 10.2. The number of methoxy groups -OCH3 is 1. The zero-order valence-electron chi connectivity index (χ0n) is 16.5. The van der Waals surface area contributed by atoms with E-state index in [1.54, 1.807) is 12.1 Å². The Kier molecular flexibility index (Phi) is 6.58. The zero-order valence-corrected chi connectivity index (χ0v) is 17.3. The van der Waals surface area contributed by atoms with E-state index in [9.17, 15) is 26.4 Å². The molecule has 7 nitrogen and oxygen atoms in total. The number of sulfonamides is 1. The molecule has 3 aromatic carbocycles. The van der Waals surface area contributed by atoms with E-state index in [2.05, 4.69) is 14.8 Å². The molecule has 0 radical (unpaired) electrons. The number of alkyl halides is 3. The summed E-state index contributed by atoms with van der Waals surface area (Å²) in [6, 6.07) is 16.1. The van der Waals surface area contributed by atoms with Crippen molar-refractivity contribution >= 4 is 27.3 Å². The van der Waals surface area contributed by atoms with E-state index >= 15 is 0 Å². The average Bonchev–Trinajstić information content (AvgIpc) is 2.73. The summed E-state index contributed by atoms with van der Waals surface area (Å²) in [5, 5.41) is 2.51. The average molecular weight is 466 g/mol. The highest BCUT2D eigenvalue weighted by atomic mass is 32.2. The molecule has 3 rings (SSSR count). The third-order valence-electron chi connectivity index (χ3n) is 4.09. The van der Waals surface area contributed by atoms with Crippen LogP contribution in [-0.2, 0) is 10.0 Å². The molecule has 0 heterocycles. The second-order valence-corrected chi connectivity index (χ2v) is 8.07. The first-order valence-electron chi connectivity index (χ1n) is 9.00. The summed E-state index contributed by atoms with van der Waals surface area (Å²) in [7, 11) is -2.45. The second kappa shape index (κ2) is 9.18. The number of nitrogens with one attached hydrogen (secondary N) is 2. The Morgan fingerprint density at radius 3 is 2.09 bits per heavy atom. The zero-order chi connectivity index (χ0) is 23.4. The fourth-order valence-corrected chi connectivity index (χ4v) is 3.73. The van der Waals surface area contributed by atoms with E-state index in [-0.39, 0.29) is 16.1 Å². The molecule has 0 saturated heterocycles. The van der Waals surface area contributed by atoms with Gasteiger partial charge in [0.2, 0.25) is 0 Å². The number of hydrogen-bond acceptors (Lipinski definition) is 5. The summed E-state index contributed by atoms with van der Waals surface area (Å²) < 4.78 is 73.2. The van der Waals surface area contributed by atoms with Crippen molar-refractivity contribution in [2.45, 2.75) is 11.3 Å². The molecular formula is C21H17F3N2O5S. The van der Waals surface area contributed by atoms with E-state index in [0.717, 1.165) is 24.3 Å². The standard InChI is InChI=1S/C21H17F3N2O5S/c1-30-17-11-7-15(8-12-17)26-32(28,29)19-4-2-3-16(13-19)25-20(27)14-5-9-18(10-6-14)31-21(22,23)24/h2-13,26H,1H3,(H,25,27). The lowest BCUT2D eigenvalue weighted by Gasteiger charge is -2.11. The summed E-state index contributed by atoms with van der Waals surface area (Å²) in [5.41, 5.74) is 0.564. The van der Waals surface area contributed by atoms with E-state index in [1.807, 2.05) is 0 Å². The maximum atomic E-state index is 12.7. The minimum atomic E-state index is -4.84. The second-order valence-electron chi connectivity index (χ2n) is 6.39. The number of benzene rings is 3. The number of amides is 1. The molecule has 3 aromatic rings. The Labute approximate surface area is 181 Å². The van der Waals surface area contributed by atoms with Crippen molar-refractivity contribution in [2.24, 2.45) is 0 Å². The minimum absolute atomic E-state index is 0.0594. The Bertz CT molecular complexity index is 1200. The van der Waals surface area contributed by atoms with Crippen molar-refractivity contribution in [3.05, 3.63) is 78.4 Å². The van der Waals surface area contributed by atoms with Crippen molar-refractivity contribution in [2.75, 3.05) is 17.1 Å².